The fourth-order valence-electron chi connectivity index (χ4n) is 1.72. The molecule has 0 bridgehead atoms. The molecule has 0 aliphatic heterocycles. The average Bonchev–Trinajstić information content (AvgIpc) is 2.42. The number of nitrogens with zero attached hydrogens (tertiary/aromatic N) is 2. The molecule has 0 saturated carbocycles. The van der Waals surface area contributed by atoms with Gasteiger partial charge in [0.25, 0.3) is 0 Å². The van der Waals surface area contributed by atoms with Crippen LogP contribution in [0.15, 0.2) is 27.1 Å². The lowest BCUT2D eigenvalue weighted by Gasteiger charge is -2.11. The van der Waals surface area contributed by atoms with E-state index in [1.54, 1.807) is 13.2 Å². The number of benzene rings is 1. The fraction of sp³-hybridized carbons (Fsp3) is 0.286. The molecule has 5 nitrogen and oxygen atoms in total. The summed E-state index contributed by atoms with van der Waals surface area (Å²) in [6.07, 6.45) is 0. The molecule has 7 heteroatoms. The van der Waals surface area contributed by atoms with Crippen molar-refractivity contribution in [1.29, 1.82) is 0 Å². The van der Waals surface area contributed by atoms with Gasteiger partial charge in [0, 0.05) is 12.6 Å². The number of aromatic nitrogens is 2. The molecule has 0 atom stereocenters. The fourth-order valence-corrected chi connectivity index (χ4v) is 2.61. The van der Waals surface area contributed by atoms with Crippen LogP contribution in [0.1, 0.15) is 12.7 Å². The lowest BCUT2D eigenvalue weighted by atomic mass is 10.3. The molecule has 1 N–H and O–H groups in total. The molecule has 1 aromatic carbocycles. The number of ether oxygens (including phenoxy) is 2. The van der Waals surface area contributed by atoms with Crippen molar-refractivity contribution in [3.8, 4) is 17.4 Å². The number of nitrogens with one attached hydrogen (secondary N) is 1. The highest BCUT2D eigenvalue weighted by atomic mass is 79.9. The average molecular weight is 417 g/mol. The number of methoxy groups -OCH3 is 1. The Balaban J connectivity index is 2.31. The zero-order valence-corrected chi connectivity index (χ0v) is 15.1. The number of aryl methyl sites for hydroxylation is 1. The summed E-state index contributed by atoms with van der Waals surface area (Å²) < 4.78 is 12.7. The summed E-state index contributed by atoms with van der Waals surface area (Å²) in [5, 5.41) is 3.15. The number of hydrogen-bond donors (Lipinski definition) is 1. The van der Waals surface area contributed by atoms with Gasteiger partial charge in [-0.2, -0.15) is 4.98 Å². The van der Waals surface area contributed by atoms with Crippen LogP contribution in [0.2, 0.25) is 0 Å². The van der Waals surface area contributed by atoms with Crippen LogP contribution in [0.4, 0.5) is 5.82 Å². The van der Waals surface area contributed by atoms with Crippen LogP contribution in [-0.2, 0) is 0 Å². The van der Waals surface area contributed by atoms with Gasteiger partial charge >= 0.3 is 0 Å². The molecule has 0 aliphatic rings. The van der Waals surface area contributed by atoms with Crippen molar-refractivity contribution in [3.05, 3.63) is 33.0 Å². The minimum atomic E-state index is 0.483. The Morgan fingerprint density at radius 2 is 1.76 bits per heavy atom. The van der Waals surface area contributed by atoms with Gasteiger partial charge in [-0.25, -0.2) is 4.98 Å². The zero-order chi connectivity index (χ0) is 15.4. The molecule has 0 radical (unpaired) electrons. The Hall–Kier alpha value is -1.34. The van der Waals surface area contributed by atoms with Crippen LogP contribution >= 0.6 is 31.9 Å². The van der Waals surface area contributed by atoms with Crippen LogP contribution in [0.5, 0.6) is 17.4 Å². The maximum absolute atomic E-state index is 5.83. The summed E-state index contributed by atoms with van der Waals surface area (Å²) >= 11 is 6.90. The molecule has 0 amide bonds. The highest BCUT2D eigenvalue weighted by molar-refractivity contribution is 9.11. The highest BCUT2D eigenvalue weighted by Gasteiger charge is 2.11. The van der Waals surface area contributed by atoms with E-state index in [1.165, 1.54) is 0 Å². The van der Waals surface area contributed by atoms with Gasteiger partial charge < -0.3 is 14.8 Å². The first-order valence-electron chi connectivity index (χ1n) is 6.34. The van der Waals surface area contributed by atoms with Gasteiger partial charge in [-0.05, 0) is 57.8 Å². The molecule has 1 heterocycles. The summed E-state index contributed by atoms with van der Waals surface area (Å²) in [7, 11) is 1.61. The third-order valence-corrected chi connectivity index (χ3v) is 3.83. The molecular weight excluding hydrogens is 402 g/mol. The SMILES string of the molecule is CCNc1cc(Oc2cc(Br)c(OC)cc2Br)nc(C)n1. The van der Waals surface area contributed by atoms with Crippen LogP contribution in [-0.4, -0.2) is 23.6 Å². The molecule has 1 aromatic heterocycles. The van der Waals surface area contributed by atoms with Gasteiger partial charge in [-0.15, -0.1) is 0 Å². The van der Waals surface area contributed by atoms with Gasteiger partial charge in [0.05, 0.1) is 16.1 Å². The third kappa shape index (κ3) is 4.07. The summed E-state index contributed by atoms with van der Waals surface area (Å²) in [6, 6.07) is 5.42. The second kappa shape index (κ2) is 7.09. The van der Waals surface area contributed by atoms with Crippen molar-refractivity contribution >= 4 is 37.7 Å². The van der Waals surface area contributed by atoms with E-state index >= 15 is 0 Å². The Bertz CT molecular complexity index is 650. The first kappa shape index (κ1) is 16.0. The van der Waals surface area contributed by atoms with E-state index in [0.717, 1.165) is 27.1 Å². The van der Waals surface area contributed by atoms with Gasteiger partial charge in [0.1, 0.15) is 23.1 Å². The van der Waals surface area contributed by atoms with Gasteiger partial charge in [0.15, 0.2) is 0 Å². The molecule has 0 saturated heterocycles. The van der Waals surface area contributed by atoms with Gasteiger partial charge in [-0.3, -0.25) is 0 Å². The van der Waals surface area contributed by atoms with Crippen molar-refractivity contribution in [3.63, 3.8) is 0 Å². The van der Waals surface area contributed by atoms with E-state index in [4.69, 9.17) is 9.47 Å². The van der Waals surface area contributed by atoms with Crippen LogP contribution in [0.3, 0.4) is 0 Å². The maximum Gasteiger partial charge on any atom is 0.224 e. The molecule has 0 spiro atoms. The largest absolute Gasteiger partial charge is 0.496 e. The highest BCUT2D eigenvalue weighted by Crippen LogP contribution is 2.37. The van der Waals surface area contributed by atoms with E-state index in [-0.39, 0.29) is 0 Å². The quantitative estimate of drug-likeness (QED) is 0.775. The minimum absolute atomic E-state index is 0.483. The Labute approximate surface area is 140 Å². The second-order valence-corrected chi connectivity index (χ2v) is 5.90. The van der Waals surface area contributed by atoms with Gasteiger partial charge in [-0.1, -0.05) is 0 Å². The smallest absolute Gasteiger partial charge is 0.224 e. The number of rotatable bonds is 5. The van der Waals surface area contributed by atoms with E-state index < -0.39 is 0 Å². The van der Waals surface area contributed by atoms with Crippen molar-refractivity contribution in [1.82, 2.24) is 9.97 Å². The Kier molecular flexibility index (Phi) is 5.41. The molecule has 0 aliphatic carbocycles. The lowest BCUT2D eigenvalue weighted by molar-refractivity contribution is 0.408. The zero-order valence-electron chi connectivity index (χ0n) is 11.9. The summed E-state index contributed by atoms with van der Waals surface area (Å²) in [6.45, 7) is 4.62. The number of anilines is 1. The Morgan fingerprint density at radius 1 is 1.10 bits per heavy atom. The topological polar surface area (TPSA) is 56.3 Å². The minimum Gasteiger partial charge on any atom is -0.496 e. The second-order valence-electron chi connectivity index (χ2n) is 4.19. The number of hydrogen-bond acceptors (Lipinski definition) is 5. The first-order valence-corrected chi connectivity index (χ1v) is 7.92. The molecule has 112 valence electrons. The molecule has 2 rings (SSSR count). The Morgan fingerprint density at radius 3 is 2.43 bits per heavy atom. The van der Waals surface area contributed by atoms with E-state index in [9.17, 15) is 0 Å². The predicted octanol–water partition coefficient (Wildman–Crippen LogP) is 4.54. The summed E-state index contributed by atoms with van der Waals surface area (Å²) in [5.74, 6) is 3.23. The van der Waals surface area contributed by atoms with Crippen molar-refractivity contribution < 1.29 is 9.47 Å². The summed E-state index contributed by atoms with van der Waals surface area (Å²) in [4.78, 5) is 8.57. The summed E-state index contributed by atoms with van der Waals surface area (Å²) in [5.41, 5.74) is 0. The number of halogens is 2. The van der Waals surface area contributed by atoms with Crippen molar-refractivity contribution in [2.45, 2.75) is 13.8 Å². The van der Waals surface area contributed by atoms with Crippen LogP contribution in [0, 0.1) is 6.92 Å². The standard InChI is InChI=1S/C14H15Br2N3O2/c1-4-17-13-7-14(19-8(2)18-13)21-12-6-9(15)11(20-3)5-10(12)16/h5-7H,4H2,1-3H3,(H,17,18,19). The molecule has 0 fully saturated rings. The van der Waals surface area contributed by atoms with Crippen LogP contribution in [0.25, 0.3) is 0 Å². The van der Waals surface area contributed by atoms with Crippen molar-refractivity contribution in [2.24, 2.45) is 0 Å². The molecule has 21 heavy (non-hydrogen) atoms. The maximum atomic E-state index is 5.83. The molecular formula is C14H15Br2N3O2. The van der Waals surface area contributed by atoms with E-state index in [0.29, 0.717) is 17.5 Å². The molecule has 2 aromatic rings. The lowest BCUT2D eigenvalue weighted by Crippen LogP contribution is -2.02. The van der Waals surface area contributed by atoms with Crippen molar-refractivity contribution in [2.75, 3.05) is 19.0 Å². The van der Waals surface area contributed by atoms with Gasteiger partial charge in [0.2, 0.25) is 5.88 Å². The third-order valence-electron chi connectivity index (χ3n) is 2.59. The monoisotopic (exact) mass is 415 g/mol. The van der Waals surface area contributed by atoms with E-state index in [2.05, 4.69) is 47.1 Å². The first-order chi connectivity index (χ1) is 10.0. The normalized spacial score (nSPS) is 10.3. The molecule has 0 unspecified atom stereocenters. The van der Waals surface area contributed by atoms with Crippen LogP contribution < -0.4 is 14.8 Å². The predicted molar refractivity (Wildman–Crippen MR) is 89.4 cm³/mol. The van der Waals surface area contributed by atoms with E-state index in [1.807, 2.05) is 26.0 Å².